The van der Waals surface area contributed by atoms with Gasteiger partial charge < -0.3 is 0 Å². The van der Waals surface area contributed by atoms with E-state index in [0.29, 0.717) is 0 Å². The van der Waals surface area contributed by atoms with Crippen LogP contribution in [0.25, 0.3) is 5.57 Å². The maximum atomic E-state index is 4.32. The molecule has 0 atom stereocenters. The molecular formula is C11H11N. The van der Waals surface area contributed by atoms with E-state index in [4.69, 9.17) is 0 Å². The first kappa shape index (κ1) is 7.29. The predicted octanol–water partition coefficient (Wildman–Crippen LogP) is 2.54. The van der Waals surface area contributed by atoms with Crippen molar-refractivity contribution >= 4 is 11.3 Å². The number of aliphatic imine (C=N–C) groups is 1. The van der Waals surface area contributed by atoms with E-state index in [1.807, 2.05) is 6.07 Å². The highest BCUT2D eigenvalue weighted by Gasteiger charge is 2.07. The van der Waals surface area contributed by atoms with Crippen molar-refractivity contribution in [1.82, 2.24) is 0 Å². The largest absolute Gasteiger partial charge is 0.285 e. The fourth-order valence-electron chi connectivity index (χ4n) is 1.45. The molecule has 1 aliphatic rings. The molecule has 0 aromatic heterocycles. The molecule has 0 bridgehead atoms. The van der Waals surface area contributed by atoms with E-state index in [9.17, 15) is 0 Å². The molecule has 12 heavy (non-hydrogen) atoms. The van der Waals surface area contributed by atoms with Gasteiger partial charge in [0.2, 0.25) is 0 Å². The summed E-state index contributed by atoms with van der Waals surface area (Å²) in [4.78, 5) is 4.32. The van der Waals surface area contributed by atoms with Gasteiger partial charge in [-0.3, -0.25) is 4.99 Å². The molecule has 0 fully saturated rings. The molecule has 1 aromatic carbocycles. The summed E-state index contributed by atoms with van der Waals surface area (Å²) in [5, 5.41) is 0. The third-order valence-corrected chi connectivity index (χ3v) is 2.10. The van der Waals surface area contributed by atoms with Crippen LogP contribution in [0.4, 0.5) is 0 Å². The van der Waals surface area contributed by atoms with Gasteiger partial charge in [0.15, 0.2) is 0 Å². The van der Waals surface area contributed by atoms with Gasteiger partial charge in [0.1, 0.15) is 0 Å². The third kappa shape index (κ3) is 1.18. The monoisotopic (exact) mass is 157 g/mol. The van der Waals surface area contributed by atoms with Gasteiger partial charge in [-0.1, -0.05) is 36.4 Å². The Labute approximate surface area is 72.5 Å². The van der Waals surface area contributed by atoms with Crippen LogP contribution in [0.15, 0.2) is 41.4 Å². The lowest BCUT2D eigenvalue weighted by atomic mass is 10.0. The Hall–Kier alpha value is -1.37. The summed E-state index contributed by atoms with van der Waals surface area (Å²) in [7, 11) is 0. The molecule has 0 unspecified atom stereocenters. The van der Waals surface area contributed by atoms with Crippen LogP contribution in [0.2, 0.25) is 0 Å². The van der Waals surface area contributed by atoms with Crippen LogP contribution in [0.3, 0.4) is 0 Å². The van der Waals surface area contributed by atoms with Crippen molar-refractivity contribution in [2.24, 2.45) is 4.99 Å². The lowest BCUT2D eigenvalue weighted by Crippen LogP contribution is -1.91. The molecule has 2 rings (SSSR count). The molecule has 0 saturated heterocycles. The molecule has 0 aliphatic carbocycles. The first-order chi connectivity index (χ1) is 5.88. The quantitative estimate of drug-likeness (QED) is 0.594. The molecule has 0 spiro atoms. The fourth-order valence-corrected chi connectivity index (χ4v) is 1.45. The maximum absolute atomic E-state index is 4.32. The van der Waals surface area contributed by atoms with Crippen molar-refractivity contribution < 1.29 is 0 Å². The molecule has 0 N–H and O–H groups in total. The SMILES string of the molecule is CC1=NCC=C1c1ccccc1. The van der Waals surface area contributed by atoms with Crippen LogP contribution >= 0.6 is 0 Å². The molecule has 1 aliphatic heterocycles. The van der Waals surface area contributed by atoms with Crippen LogP contribution in [0.5, 0.6) is 0 Å². The molecule has 1 nitrogen and oxygen atoms in total. The Morgan fingerprint density at radius 1 is 1.17 bits per heavy atom. The summed E-state index contributed by atoms with van der Waals surface area (Å²) < 4.78 is 0. The second-order valence-corrected chi connectivity index (χ2v) is 2.91. The Kier molecular flexibility index (Phi) is 1.78. The molecule has 1 heterocycles. The molecule has 1 aromatic rings. The standard InChI is InChI=1S/C11H11N/c1-9-11(7-8-12-9)10-5-3-2-4-6-10/h2-7H,8H2,1H3. The van der Waals surface area contributed by atoms with Crippen molar-refractivity contribution in [2.75, 3.05) is 6.54 Å². The van der Waals surface area contributed by atoms with E-state index in [0.717, 1.165) is 12.3 Å². The number of nitrogens with zero attached hydrogens (tertiary/aromatic N) is 1. The Morgan fingerprint density at radius 2 is 1.92 bits per heavy atom. The van der Waals surface area contributed by atoms with Crippen molar-refractivity contribution in [3.8, 4) is 0 Å². The number of allylic oxidation sites excluding steroid dienone is 1. The summed E-state index contributed by atoms with van der Waals surface area (Å²) in [5.74, 6) is 0. The van der Waals surface area contributed by atoms with Gasteiger partial charge in [-0.05, 0) is 12.5 Å². The Bertz CT molecular complexity index is 333. The van der Waals surface area contributed by atoms with Gasteiger partial charge in [-0.25, -0.2) is 0 Å². The summed E-state index contributed by atoms with van der Waals surface area (Å²) in [6.45, 7) is 2.90. The summed E-state index contributed by atoms with van der Waals surface area (Å²) in [6.07, 6.45) is 2.17. The van der Waals surface area contributed by atoms with Crippen LogP contribution in [0, 0.1) is 0 Å². The zero-order valence-corrected chi connectivity index (χ0v) is 7.12. The fraction of sp³-hybridized carbons (Fsp3) is 0.182. The van der Waals surface area contributed by atoms with E-state index in [-0.39, 0.29) is 0 Å². The van der Waals surface area contributed by atoms with E-state index >= 15 is 0 Å². The van der Waals surface area contributed by atoms with Gasteiger partial charge in [0, 0.05) is 11.3 Å². The first-order valence-corrected chi connectivity index (χ1v) is 4.15. The summed E-state index contributed by atoms with van der Waals surface area (Å²) in [6, 6.07) is 10.4. The molecule has 60 valence electrons. The second-order valence-electron chi connectivity index (χ2n) is 2.91. The average Bonchev–Trinajstić information content (AvgIpc) is 2.53. The zero-order chi connectivity index (χ0) is 8.39. The summed E-state index contributed by atoms with van der Waals surface area (Å²) in [5.41, 5.74) is 3.72. The topological polar surface area (TPSA) is 12.4 Å². The maximum Gasteiger partial charge on any atom is 0.0583 e. The van der Waals surface area contributed by atoms with Gasteiger partial charge in [0.05, 0.1) is 6.54 Å². The van der Waals surface area contributed by atoms with E-state index in [1.54, 1.807) is 0 Å². The van der Waals surface area contributed by atoms with Crippen molar-refractivity contribution in [3.05, 3.63) is 42.0 Å². The molecular weight excluding hydrogens is 146 g/mol. The van der Waals surface area contributed by atoms with E-state index in [1.165, 1.54) is 11.1 Å². The van der Waals surface area contributed by atoms with Crippen molar-refractivity contribution in [1.29, 1.82) is 0 Å². The van der Waals surface area contributed by atoms with Crippen LogP contribution < -0.4 is 0 Å². The lowest BCUT2D eigenvalue weighted by Gasteiger charge is -2.01. The highest BCUT2D eigenvalue weighted by Crippen LogP contribution is 2.19. The third-order valence-electron chi connectivity index (χ3n) is 2.10. The van der Waals surface area contributed by atoms with E-state index in [2.05, 4.69) is 42.3 Å². The Morgan fingerprint density at radius 3 is 2.50 bits per heavy atom. The van der Waals surface area contributed by atoms with Crippen LogP contribution in [-0.4, -0.2) is 12.3 Å². The van der Waals surface area contributed by atoms with Crippen LogP contribution in [-0.2, 0) is 0 Å². The average molecular weight is 157 g/mol. The van der Waals surface area contributed by atoms with Gasteiger partial charge in [-0.15, -0.1) is 0 Å². The molecule has 0 saturated carbocycles. The molecule has 0 radical (unpaired) electrons. The van der Waals surface area contributed by atoms with E-state index < -0.39 is 0 Å². The normalized spacial score (nSPS) is 15.8. The predicted molar refractivity (Wildman–Crippen MR) is 52.4 cm³/mol. The van der Waals surface area contributed by atoms with Gasteiger partial charge in [-0.2, -0.15) is 0 Å². The molecule has 1 heteroatoms. The highest BCUT2D eigenvalue weighted by atomic mass is 14.7. The van der Waals surface area contributed by atoms with Crippen molar-refractivity contribution in [2.45, 2.75) is 6.92 Å². The number of benzene rings is 1. The number of hydrogen-bond donors (Lipinski definition) is 0. The number of rotatable bonds is 1. The van der Waals surface area contributed by atoms with Crippen molar-refractivity contribution in [3.63, 3.8) is 0 Å². The highest BCUT2D eigenvalue weighted by molar-refractivity contribution is 6.24. The second kappa shape index (κ2) is 2.94. The Balaban J connectivity index is 2.39. The zero-order valence-electron chi connectivity index (χ0n) is 7.12. The molecule has 0 amide bonds. The minimum Gasteiger partial charge on any atom is -0.285 e. The first-order valence-electron chi connectivity index (χ1n) is 4.15. The van der Waals surface area contributed by atoms with Crippen LogP contribution in [0.1, 0.15) is 12.5 Å². The smallest absolute Gasteiger partial charge is 0.0583 e. The number of hydrogen-bond acceptors (Lipinski definition) is 1. The van der Waals surface area contributed by atoms with Gasteiger partial charge in [0.25, 0.3) is 0 Å². The summed E-state index contributed by atoms with van der Waals surface area (Å²) >= 11 is 0. The minimum absolute atomic E-state index is 0.843. The van der Waals surface area contributed by atoms with Gasteiger partial charge >= 0.3 is 0 Å². The minimum atomic E-state index is 0.843. The lowest BCUT2D eigenvalue weighted by molar-refractivity contribution is 1.28.